The van der Waals surface area contributed by atoms with Crippen molar-refractivity contribution in [3.05, 3.63) is 28.0 Å². The molecular formula is C12H15BrFNO. The first-order chi connectivity index (χ1) is 7.61. The molecule has 88 valence electrons. The number of aryl methyl sites for hydroxylation is 1. The highest BCUT2D eigenvalue weighted by Crippen LogP contribution is 2.30. The van der Waals surface area contributed by atoms with Crippen molar-refractivity contribution in [3.63, 3.8) is 0 Å². The number of aliphatic hydroxyl groups is 1. The fourth-order valence-electron chi connectivity index (χ4n) is 2.18. The van der Waals surface area contributed by atoms with Crippen molar-refractivity contribution in [3.8, 4) is 0 Å². The highest BCUT2D eigenvalue weighted by atomic mass is 79.9. The van der Waals surface area contributed by atoms with Gasteiger partial charge >= 0.3 is 0 Å². The zero-order chi connectivity index (χ0) is 11.7. The van der Waals surface area contributed by atoms with E-state index in [4.69, 9.17) is 5.11 Å². The maximum atomic E-state index is 13.3. The van der Waals surface area contributed by atoms with E-state index in [1.807, 2.05) is 13.0 Å². The number of benzene rings is 1. The molecule has 1 saturated heterocycles. The number of nitrogens with zero attached hydrogens (tertiary/aromatic N) is 1. The summed E-state index contributed by atoms with van der Waals surface area (Å²) in [6.45, 7) is 3.94. The molecule has 16 heavy (non-hydrogen) atoms. The minimum Gasteiger partial charge on any atom is -0.396 e. The summed E-state index contributed by atoms with van der Waals surface area (Å²) < 4.78 is 13.8. The SMILES string of the molecule is Cc1cc(F)c(Br)cc1N1CCC(CO)C1. The molecule has 1 aromatic carbocycles. The lowest BCUT2D eigenvalue weighted by atomic mass is 10.1. The first kappa shape index (κ1) is 11.9. The van der Waals surface area contributed by atoms with Crippen LogP contribution in [0.5, 0.6) is 0 Å². The van der Waals surface area contributed by atoms with Crippen LogP contribution in [0.4, 0.5) is 10.1 Å². The third-order valence-electron chi connectivity index (χ3n) is 3.12. The topological polar surface area (TPSA) is 23.5 Å². The molecule has 0 bridgehead atoms. The summed E-state index contributed by atoms with van der Waals surface area (Å²) in [5.41, 5.74) is 2.00. The lowest BCUT2D eigenvalue weighted by Gasteiger charge is -2.21. The zero-order valence-corrected chi connectivity index (χ0v) is 10.8. The van der Waals surface area contributed by atoms with Crippen molar-refractivity contribution in [1.82, 2.24) is 0 Å². The first-order valence-corrected chi connectivity index (χ1v) is 6.22. The highest BCUT2D eigenvalue weighted by molar-refractivity contribution is 9.10. The third-order valence-corrected chi connectivity index (χ3v) is 3.73. The van der Waals surface area contributed by atoms with Crippen LogP contribution in [-0.2, 0) is 0 Å². The van der Waals surface area contributed by atoms with Gasteiger partial charge in [-0.3, -0.25) is 0 Å². The summed E-state index contributed by atoms with van der Waals surface area (Å²) in [7, 11) is 0. The number of anilines is 1. The molecule has 1 fully saturated rings. The van der Waals surface area contributed by atoms with Crippen LogP contribution in [0, 0.1) is 18.7 Å². The fourth-order valence-corrected chi connectivity index (χ4v) is 2.51. The Morgan fingerprint density at radius 2 is 2.31 bits per heavy atom. The molecule has 0 saturated carbocycles. The van der Waals surface area contributed by atoms with E-state index in [1.165, 1.54) is 0 Å². The molecule has 1 unspecified atom stereocenters. The average Bonchev–Trinajstić information content (AvgIpc) is 2.71. The summed E-state index contributed by atoms with van der Waals surface area (Å²) in [4.78, 5) is 2.21. The monoisotopic (exact) mass is 287 g/mol. The number of rotatable bonds is 2. The summed E-state index contributed by atoms with van der Waals surface area (Å²) in [5.74, 6) is 0.127. The van der Waals surface area contributed by atoms with Crippen LogP contribution in [0.15, 0.2) is 16.6 Å². The minimum atomic E-state index is -0.223. The van der Waals surface area contributed by atoms with Gasteiger partial charge in [0.05, 0.1) is 4.47 Å². The molecule has 0 aliphatic carbocycles. The van der Waals surface area contributed by atoms with Gasteiger partial charge < -0.3 is 10.0 Å². The van der Waals surface area contributed by atoms with E-state index in [2.05, 4.69) is 20.8 Å². The Morgan fingerprint density at radius 1 is 1.56 bits per heavy atom. The average molecular weight is 288 g/mol. The largest absolute Gasteiger partial charge is 0.396 e. The normalized spacial score (nSPS) is 20.5. The van der Waals surface area contributed by atoms with E-state index in [9.17, 15) is 4.39 Å². The van der Waals surface area contributed by atoms with Crippen molar-refractivity contribution >= 4 is 21.6 Å². The van der Waals surface area contributed by atoms with Crippen molar-refractivity contribution in [2.75, 3.05) is 24.6 Å². The second kappa shape index (κ2) is 4.72. The lowest BCUT2D eigenvalue weighted by Crippen LogP contribution is -2.21. The van der Waals surface area contributed by atoms with Crippen LogP contribution in [0.25, 0.3) is 0 Å². The molecular weight excluding hydrogens is 273 g/mol. The second-order valence-corrected chi connectivity index (χ2v) is 5.19. The van der Waals surface area contributed by atoms with Gasteiger partial charge in [-0.2, -0.15) is 0 Å². The van der Waals surface area contributed by atoms with Crippen LogP contribution < -0.4 is 4.90 Å². The number of aliphatic hydroxyl groups excluding tert-OH is 1. The Morgan fingerprint density at radius 3 is 2.94 bits per heavy atom. The standard InChI is InChI=1S/C12H15BrFNO/c1-8-4-11(14)10(13)5-12(8)15-3-2-9(6-15)7-16/h4-5,9,16H,2-3,6-7H2,1H3. The van der Waals surface area contributed by atoms with E-state index >= 15 is 0 Å². The van der Waals surface area contributed by atoms with Crippen LogP contribution in [-0.4, -0.2) is 24.8 Å². The maximum absolute atomic E-state index is 13.3. The predicted molar refractivity (Wildman–Crippen MR) is 66.2 cm³/mol. The predicted octanol–water partition coefficient (Wildman–Crippen LogP) is 2.72. The summed E-state index contributed by atoms with van der Waals surface area (Å²) in [6.07, 6.45) is 1.00. The lowest BCUT2D eigenvalue weighted by molar-refractivity contribution is 0.238. The van der Waals surface area contributed by atoms with E-state index in [0.29, 0.717) is 10.4 Å². The van der Waals surface area contributed by atoms with E-state index in [1.54, 1.807) is 6.07 Å². The molecule has 2 rings (SSSR count). The second-order valence-electron chi connectivity index (χ2n) is 4.34. The first-order valence-electron chi connectivity index (χ1n) is 5.43. The molecule has 2 nitrogen and oxygen atoms in total. The molecule has 0 radical (unpaired) electrons. The summed E-state index contributed by atoms with van der Waals surface area (Å²) >= 11 is 3.21. The molecule has 1 atom stereocenters. The van der Waals surface area contributed by atoms with Gasteiger partial charge in [0.15, 0.2) is 0 Å². The van der Waals surface area contributed by atoms with Crippen molar-refractivity contribution in [2.45, 2.75) is 13.3 Å². The minimum absolute atomic E-state index is 0.223. The van der Waals surface area contributed by atoms with Gasteiger partial charge in [-0.25, -0.2) is 4.39 Å². The molecule has 1 aromatic rings. The molecule has 1 aliphatic rings. The van der Waals surface area contributed by atoms with E-state index < -0.39 is 0 Å². The molecule has 1 aliphatic heterocycles. The van der Waals surface area contributed by atoms with Crippen LogP contribution in [0.2, 0.25) is 0 Å². The quantitative estimate of drug-likeness (QED) is 0.904. The van der Waals surface area contributed by atoms with Gasteiger partial charge in [-0.15, -0.1) is 0 Å². The fraction of sp³-hybridized carbons (Fsp3) is 0.500. The number of hydrogen-bond acceptors (Lipinski definition) is 2. The summed E-state index contributed by atoms with van der Waals surface area (Å²) in [6, 6.07) is 3.37. The van der Waals surface area contributed by atoms with Crippen LogP contribution in [0.1, 0.15) is 12.0 Å². The van der Waals surface area contributed by atoms with E-state index in [0.717, 1.165) is 30.8 Å². The Labute approximate surface area is 103 Å². The van der Waals surface area contributed by atoms with Gasteiger partial charge in [0.1, 0.15) is 5.82 Å². The maximum Gasteiger partial charge on any atom is 0.137 e. The van der Waals surface area contributed by atoms with Crippen LogP contribution >= 0.6 is 15.9 Å². The summed E-state index contributed by atoms with van der Waals surface area (Å²) in [5, 5.41) is 9.10. The molecule has 1 N–H and O–H groups in total. The number of halogens is 2. The van der Waals surface area contributed by atoms with Gasteiger partial charge in [-0.05, 0) is 47.0 Å². The van der Waals surface area contributed by atoms with Gasteiger partial charge in [-0.1, -0.05) is 0 Å². The smallest absolute Gasteiger partial charge is 0.137 e. The molecule has 0 amide bonds. The Hall–Kier alpha value is -0.610. The molecule has 4 heteroatoms. The van der Waals surface area contributed by atoms with Gasteiger partial charge in [0, 0.05) is 31.3 Å². The Bertz CT molecular complexity index is 397. The third kappa shape index (κ3) is 2.23. The Kier molecular flexibility index (Phi) is 3.50. The Balaban J connectivity index is 2.24. The molecule has 0 aromatic heterocycles. The van der Waals surface area contributed by atoms with Crippen molar-refractivity contribution in [2.24, 2.45) is 5.92 Å². The van der Waals surface area contributed by atoms with Crippen LogP contribution in [0.3, 0.4) is 0 Å². The number of hydrogen-bond donors (Lipinski definition) is 1. The van der Waals surface area contributed by atoms with Gasteiger partial charge in [0.2, 0.25) is 0 Å². The molecule has 0 spiro atoms. The van der Waals surface area contributed by atoms with Crippen molar-refractivity contribution < 1.29 is 9.50 Å². The van der Waals surface area contributed by atoms with Crippen molar-refractivity contribution in [1.29, 1.82) is 0 Å². The van der Waals surface area contributed by atoms with Gasteiger partial charge in [0.25, 0.3) is 0 Å². The zero-order valence-electron chi connectivity index (χ0n) is 9.21. The highest BCUT2D eigenvalue weighted by Gasteiger charge is 2.23. The molecule has 1 heterocycles. The van der Waals surface area contributed by atoms with E-state index in [-0.39, 0.29) is 12.4 Å².